The molecule has 8 nitrogen and oxygen atoms in total. The molecule has 0 aliphatic carbocycles. The van der Waals surface area contributed by atoms with Crippen molar-refractivity contribution in [2.24, 2.45) is 5.92 Å². The maximum absolute atomic E-state index is 15.2. The molecule has 5 atom stereocenters. The molecule has 2 heterocycles. The quantitative estimate of drug-likeness (QED) is 0.711. The van der Waals surface area contributed by atoms with Crippen molar-refractivity contribution in [1.29, 1.82) is 0 Å². The Morgan fingerprint density at radius 1 is 1.50 bits per heavy atom. The molecule has 134 valence electrons. The molecule has 0 amide bonds. The van der Waals surface area contributed by atoms with Crippen LogP contribution in [0.25, 0.3) is 0 Å². The minimum Gasteiger partial charge on any atom is -0.481 e. The van der Waals surface area contributed by atoms with Crippen LogP contribution in [-0.4, -0.2) is 43.1 Å². The fourth-order valence-corrected chi connectivity index (χ4v) is 2.79. The van der Waals surface area contributed by atoms with Crippen LogP contribution in [0.4, 0.5) is 4.39 Å². The molecule has 0 saturated carbocycles. The van der Waals surface area contributed by atoms with Crippen LogP contribution in [0.5, 0.6) is 0 Å². The normalized spacial score (nSPS) is 34.2. The van der Waals surface area contributed by atoms with Crippen molar-refractivity contribution in [1.82, 2.24) is 9.55 Å². The average molecular weight is 344 g/mol. The summed E-state index contributed by atoms with van der Waals surface area (Å²) in [7, 11) is 0. The lowest BCUT2D eigenvalue weighted by molar-refractivity contribution is -0.141. The van der Waals surface area contributed by atoms with Crippen molar-refractivity contribution in [3.05, 3.63) is 33.1 Å². The summed E-state index contributed by atoms with van der Waals surface area (Å²) in [6, 6.07) is 1.05. The summed E-state index contributed by atoms with van der Waals surface area (Å²) < 4.78 is 21.6. The Balaban J connectivity index is 2.30. The second-order valence-electron chi connectivity index (χ2n) is 6.53. The van der Waals surface area contributed by atoms with Gasteiger partial charge < -0.3 is 14.9 Å². The largest absolute Gasteiger partial charge is 0.481 e. The fraction of sp³-hybridized carbons (Fsp3) is 0.667. The van der Waals surface area contributed by atoms with Crippen LogP contribution in [0.3, 0.4) is 0 Å². The highest BCUT2D eigenvalue weighted by atomic mass is 19.1. The zero-order valence-electron chi connectivity index (χ0n) is 13.7. The lowest BCUT2D eigenvalue weighted by Crippen LogP contribution is -2.52. The Hall–Kier alpha value is -2.00. The minimum atomic E-state index is -2.33. The van der Waals surface area contributed by atoms with Gasteiger partial charge in [-0.1, -0.05) is 6.92 Å². The predicted molar refractivity (Wildman–Crippen MR) is 81.4 cm³/mol. The van der Waals surface area contributed by atoms with Crippen molar-refractivity contribution in [2.75, 3.05) is 0 Å². The molecular formula is C15H21FN2O6. The minimum absolute atomic E-state index is 0.106. The van der Waals surface area contributed by atoms with E-state index in [9.17, 15) is 19.5 Å². The summed E-state index contributed by atoms with van der Waals surface area (Å²) in [5.41, 5.74) is -5.75. The molecule has 0 bridgehead atoms. The van der Waals surface area contributed by atoms with E-state index in [2.05, 4.69) is 0 Å². The van der Waals surface area contributed by atoms with Crippen LogP contribution < -0.4 is 11.2 Å². The number of rotatable bonds is 5. The highest BCUT2D eigenvalue weighted by molar-refractivity contribution is 5.69. The van der Waals surface area contributed by atoms with Crippen molar-refractivity contribution in [3.8, 4) is 0 Å². The summed E-state index contributed by atoms with van der Waals surface area (Å²) in [4.78, 5) is 35.9. The number of nitrogens with one attached hydrogen (secondary N) is 1. The smallest absolute Gasteiger partial charge is 0.330 e. The van der Waals surface area contributed by atoms with Gasteiger partial charge >= 0.3 is 11.7 Å². The van der Waals surface area contributed by atoms with E-state index < -0.39 is 46.7 Å². The standard InChI is InChI=1S/C15H21FN2O6/c1-8(11(20)21)4-5-9-15(3,23)14(2,16)12(24-9)18-7-6-10(19)17-13(18)22/h6-9,12,23H,4-5H2,1-3H3,(H,20,21)(H,17,19,22)/t8?,9-,12?,14+,15?/m1/s1. The fourth-order valence-electron chi connectivity index (χ4n) is 2.79. The Bertz CT molecular complexity index is 738. The van der Waals surface area contributed by atoms with E-state index in [1.54, 1.807) is 0 Å². The molecule has 1 aromatic rings. The molecule has 1 aliphatic rings. The van der Waals surface area contributed by atoms with E-state index in [4.69, 9.17) is 9.84 Å². The number of hydrogen-bond donors (Lipinski definition) is 3. The van der Waals surface area contributed by atoms with Crippen molar-refractivity contribution >= 4 is 5.97 Å². The van der Waals surface area contributed by atoms with E-state index in [-0.39, 0.29) is 12.8 Å². The molecule has 9 heteroatoms. The van der Waals surface area contributed by atoms with E-state index in [0.29, 0.717) is 0 Å². The first-order valence-electron chi connectivity index (χ1n) is 7.59. The van der Waals surface area contributed by atoms with Gasteiger partial charge in [-0.2, -0.15) is 0 Å². The number of aliphatic hydroxyl groups is 1. The van der Waals surface area contributed by atoms with E-state index in [1.165, 1.54) is 13.8 Å². The number of carbonyl (C=O) groups is 1. The van der Waals surface area contributed by atoms with Crippen LogP contribution >= 0.6 is 0 Å². The molecule has 0 radical (unpaired) electrons. The number of carboxylic acid groups (broad SMARTS) is 1. The Labute approximate surface area is 136 Å². The number of hydrogen-bond acceptors (Lipinski definition) is 5. The van der Waals surface area contributed by atoms with Crippen LogP contribution in [0.15, 0.2) is 21.9 Å². The van der Waals surface area contributed by atoms with Crippen LogP contribution in [0.1, 0.15) is 39.8 Å². The molecule has 0 aromatic carbocycles. The molecule has 24 heavy (non-hydrogen) atoms. The number of alkyl halides is 1. The first-order valence-corrected chi connectivity index (χ1v) is 7.59. The van der Waals surface area contributed by atoms with Crippen LogP contribution in [0, 0.1) is 5.92 Å². The Morgan fingerprint density at radius 2 is 2.12 bits per heavy atom. The second-order valence-corrected chi connectivity index (χ2v) is 6.53. The summed E-state index contributed by atoms with van der Waals surface area (Å²) >= 11 is 0. The molecule has 0 spiro atoms. The van der Waals surface area contributed by atoms with Crippen molar-refractivity contribution in [2.45, 2.75) is 57.2 Å². The number of carboxylic acids is 1. The summed E-state index contributed by atoms with van der Waals surface area (Å²) in [6.45, 7) is 3.86. The maximum atomic E-state index is 15.2. The first-order chi connectivity index (χ1) is 11.0. The third-order valence-electron chi connectivity index (χ3n) is 4.76. The van der Waals surface area contributed by atoms with Crippen molar-refractivity contribution < 1.29 is 24.1 Å². The zero-order chi connectivity index (χ0) is 18.3. The third kappa shape index (κ3) is 3.01. The van der Waals surface area contributed by atoms with Gasteiger partial charge in [0.2, 0.25) is 0 Å². The van der Waals surface area contributed by atoms with Crippen molar-refractivity contribution in [3.63, 3.8) is 0 Å². The summed E-state index contributed by atoms with van der Waals surface area (Å²) in [5.74, 6) is -1.67. The number of halogens is 1. The SMILES string of the molecule is CC(CC[C@H]1OC(n2ccc(=O)[nH]c2=O)[C@](C)(F)C1(C)O)C(=O)O. The molecule has 3 N–H and O–H groups in total. The Kier molecular flexibility index (Phi) is 4.69. The van der Waals surface area contributed by atoms with Gasteiger partial charge in [-0.3, -0.25) is 19.1 Å². The van der Waals surface area contributed by atoms with Gasteiger partial charge in [0, 0.05) is 12.3 Å². The van der Waals surface area contributed by atoms with Gasteiger partial charge in [-0.05, 0) is 26.7 Å². The highest BCUT2D eigenvalue weighted by Crippen LogP contribution is 2.48. The van der Waals surface area contributed by atoms with E-state index in [0.717, 1.165) is 23.8 Å². The van der Waals surface area contributed by atoms with Gasteiger partial charge in [0.05, 0.1) is 12.0 Å². The van der Waals surface area contributed by atoms with Gasteiger partial charge in [0.15, 0.2) is 11.9 Å². The van der Waals surface area contributed by atoms with Gasteiger partial charge in [0.25, 0.3) is 5.56 Å². The topological polar surface area (TPSA) is 122 Å². The molecule has 1 aromatic heterocycles. The molecular weight excluding hydrogens is 323 g/mol. The number of aliphatic carboxylic acids is 1. The zero-order valence-corrected chi connectivity index (χ0v) is 13.7. The number of ether oxygens (including phenoxy) is 1. The molecule has 1 aliphatic heterocycles. The molecule has 3 unspecified atom stereocenters. The summed E-state index contributed by atoms with van der Waals surface area (Å²) in [5, 5.41) is 19.5. The molecule has 1 fully saturated rings. The average Bonchev–Trinajstić information content (AvgIpc) is 2.63. The maximum Gasteiger partial charge on any atom is 0.330 e. The second kappa shape index (κ2) is 6.14. The number of aromatic amines is 1. The lowest BCUT2D eigenvalue weighted by Gasteiger charge is -2.33. The van der Waals surface area contributed by atoms with Crippen LogP contribution in [0.2, 0.25) is 0 Å². The monoisotopic (exact) mass is 344 g/mol. The molecule has 1 saturated heterocycles. The van der Waals surface area contributed by atoms with E-state index in [1.807, 2.05) is 4.98 Å². The number of nitrogens with zero attached hydrogens (tertiary/aromatic N) is 1. The highest BCUT2D eigenvalue weighted by Gasteiger charge is 2.62. The van der Waals surface area contributed by atoms with Gasteiger partial charge in [-0.15, -0.1) is 0 Å². The Morgan fingerprint density at radius 3 is 2.67 bits per heavy atom. The lowest BCUT2D eigenvalue weighted by atomic mass is 9.82. The van der Waals surface area contributed by atoms with Crippen LogP contribution in [-0.2, 0) is 9.53 Å². The van der Waals surface area contributed by atoms with Gasteiger partial charge in [-0.25, -0.2) is 9.18 Å². The summed E-state index contributed by atoms with van der Waals surface area (Å²) in [6.07, 6.45) is -1.06. The third-order valence-corrected chi connectivity index (χ3v) is 4.76. The van der Waals surface area contributed by atoms with Gasteiger partial charge in [0.1, 0.15) is 5.60 Å². The van der Waals surface area contributed by atoms with E-state index >= 15 is 4.39 Å². The predicted octanol–water partition coefficient (Wildman–Crippen LogP) is 0.414. The first kappa shape index (κ1) is 18.3. The molecule has 2 rings (SSSR count). The number of aromatic nitrogens is 2. The number of H-pyrrole nitrogens is 1.